The highest BCUT2D eigenvalue weighted by Gasteiger charge is 2.39. The monoisotopic (exact) mass is 542 g/mol. The number of halogens is 6. The summed E-state index contributed by atoms with van der Waals surface area (Å²) in [5, 5.41) is 18.2. The van der Waals surface area contributed by atoms with Gasteiger partial charge in [0.2, 0.25) is 5.82 Å². The molecule has 37 heavy (non-hydrogen) atoms. The van der Waals surface area contributed by atoms with Gasteiger partial charge in [-0.1, -0.05) is 29.8 Å². The number of hydrogen-bond donors (Lipinski definition) is 1. The standard InChI is InChI=1S/C23H20ClF5N6O2/c1-13-5-3-4-6-16(13)35-20(22(2,25)26)30-18(31-35)12-34-21(37)33(11-17(36)23(27,28)29)19(32-34)14-7-9-15(24)10-8-14/h3-10,17,36H,11-12H2,1-2H3/t17-/m0/s1. The number of hydrogen-bond acceptors (Lipinski definition) is 5. The predicted octanol–water partition coefficient (Wildman–Crippen LogP) is 4.34. The molecule has 1 atom stereocenters. The second-order valence-electron chi connectivity index (χ2n) is 8.38. The molecule has 4 aromatic rings. The molecule has 0 aliphatic rings. The first-order chi connectivity index (χ1) is 17.3. The second kappa shape index (κ2) is 9.71. The Morgan fingerprint density at radius 1 is 1.03 bits per heavy atom. The quantitative estimate of drug-likeness (QED) is 0.351. The molecular weight excluding hydrogens is 523 g/mol. The molecule has 0 amide bonds. The highest BCUT2D eigenvalue weighted by Crippen LogP contribution is 2.29. The lowest BCUT2D eigenvalue weighted by molar-refractivity contribution is -0.207. The van der Waals surface area contributed by atoms with E-state index < -0.39 is 42.8 Å². The number of aliphatic hydroxyl groups is 1. The van der Waals surface area contributed by atoms with E-state index in [1.54, 1.807) is 31.2 Å². The Balaban J connectivity index is 1.80. The Morgan fingerprint density at radius 2 is 1.68 bits per heavy atom. The van der Waals surface area contributed by atoms with Crippen molar-refractivity contribution in [3.8, 4) is 17.1 Å². The Kier molecular flexibility index (Phi) is 6.95. The van der Waals surface area contributed by atoms with Gasteiger partial charge in [0.15, 0.2) is 17.8 Å². The molecule has 0 aliphatic heterocycles. The van der Waals surface area contributed by atoms with E-state index in [-0.39, 0.29) is 17.2 Å². The molecule has 0 saturated heterocycles. The highest BCUT2D eigenvalue weighted by molar-refractivity contribution is 6.30. The van der Waals surface area contributed by atoms with Crippen molar-refractivity contribution in [1.29, 1.82) is 0 Å². The van der Waals surface area contributed by atoms with Gasteiger partial charge in [-0.25, -0.2) is 19.1 Å². The molecule has 2 heterocycles. The topological polar surface area (TPSA) is 90.8 Å². The van der Waals surface area contributed by atoms with Gasteiger partial charge >= 0.3 is 17.8 Å². The van der Waals surface area contributed by atoms with Crippen LogP contribution < -0.4 is 5.69 Å². The minimum atomic E-state index is -4.99. The average molecular weight is 543 g/mol. The molecule has 0 saturated carbocycles. The Hall–Kier alpha value is -3.58. The van der Waals surface area contributed by atoms with Crippen molar-refractivity contribution in [2.45, 2.75) is 45.1 Å². The van der Waals surface area contributed by atoms with E-state index in [2.05, 4.69) is 15.2 Å². The lowest BCUT2D eigenvalue weighted by Crippen LogP contribution is -2.37. The van der Waals surface area contributed by atoms with E-state index in [1.165, 1.54) is 24.3 Å². The van der Waals surface area contributed by atoms with Crippen LogP contribution >= 0.6 is 11.6 Å². The summed E-state index contributed by atoms with van der Waals surface area (Å²) in [7, 11) is 0. The molecule has 0 unspecified atom stereocenters. The minimum absolute atomic E-state index is 0.190. The van der Waals surface area contributed by atoms with Gasteiger partial charge in [0.05, 0.1) is 12.2 Å². The summed E-state index contributed by atoms with van der Waals surface area (Å²) in [6.07, 6.45) is -7.84. The van der Waals surface area contributed by atoms with Crippen LogP contribution in [0, 0.1) is 6.92 Å². The molecule has 14 heteroatoms. The summed E-state index contributed by atoms with van der Waals surface area (Å²) in [6.45, 7) is 0.693. The van der Waals surface area contributed by atoms with Gasteiger partial charge in [-0.15, -0.1) is 10.2 Å². The molecule has 0 fully saturated rings. The highest BCUT2D eigenvalue weighted by atomic mass is 35.5. The Labute approximate surface area is 211 Å². The molecule has 2 aromatic carbocycles. The van der Waals surface area contributed by atoms with Gasteiger partial charge < -0.3 is 5.11 Å². The van der Waals surface area contributed by atoms with Crippen LogP contribution in [0.2, 0.25) is 5.02 Å². The first-order valence-electron chi connectivity index (χ1n) is 10.8. The summed E-state index contributed by atoms with van der Waals surface area (Å²) in [5.41, 5.74) is 0.196. The number of aromatic nitrogens is 6. The fourth-order valence-electron chi connectivity index (χ4n) is 3.61. The summed E-state index contributed by atoms with van der Waals surface area (Å²) in [4.78, 5) is 17.0. The van der Waals surface area contributed by atoms with Gasteiger partial charge in [-0.3, -0.25) is 4.57 Å². The third-order valence-corrected chi connectivity index (χ3v) is 5.69. The smallest absolute Gasteiger partial charge is 0.382 e. The maximum Gasteiger partial charge on any atom is 0.416 e. The molecule has 0 bridgehead atoms. The third-order valence-electron chi connectivity index (χ3n) is 5.44. The first-order valence-corrected chi connectivity index (χ1v) is 11.2. The average Bonchev–Trinajstić information content (AvgIpc) is 3.36. The first kappa shape index (κ1) is 26.5. The second-order valence-corrected chi connectivity index (χ2v) is 8.81. The van der Waals surface area contributed by atoms with Gasteiger partial charge in [0.25, 0.3) is 0 Å². The third kappa shape index (κ3) is 5.57. The zero-order chi connectivity index (χ0) is 27.1. The molecular formula is C23H20ClF5N6O2. The number of nitrogens with zero attached hydrogens (tertiary/aromatic N) is 6. The van der Waals surface area contributed by atoms with Crippen molar-refractivity contribution < 1.29 is 27.1 Å². The Morgan fingerprint density at radius 3 is 2.27 bits per heavy atom. The van der Waals surface area contributed by atoms with Crippen molar-refractivity contribution >= 4 is 11.6 Å². The maximum absolute atomic E-state index is 14.4. The van der Waals surface area contributed by atoms with Crippen LogP contribution in [0.1, 0.15) is 24.1 Å². The number of aryl methyl sites for hydroxylation is 1. The number of benzene rings is 2. The molecule has 1 N–H and O–H groups in total. The summed E-state index contributed by atoms with van der Waals surface area (Å²) >= 11 is 5.88. The molecule has 196 valence electrons. The maximum atomic E-state index is 14.4. The predicted molar refractivity (Wildman–Crippen MR) is 124 cm³/mol. The number of alkyl halides is 5. The fourth-order valence-corrected chi connectivity index (χ4v) is 3.73. The molecule has 0 spiro atoms. The molecule has 4 rings (SSSR count). The molecule has 0 aliphatic carbocycles. The van der Waals surface area contributed by atoms with Crippen molar-refractivity contribution in [3.63, 3.8) is 0 Å². The van der Waals surface area contributed by atoms with Crippen molar-refractivity contribution in [2.24, 2.45) is 0 Å². The lowest BCUT2D eigenvalue weighted by Gasteiger charge is -2.15. The van der Waals surface area contributed by atoms with Crippen molar-refractivity contribution in [3.05, 3.63) is 81.3 Å². The Bertz CT molecular complexity index is 1470. The van der Waals surface area contributed by atoms with Gasteiger partial charge in [-0.2, -0.15) is 22.0 Å². The lowest BCUT2D eigenvalue weighted by atomic mass is 10.2. The number of aliphatic hydroxyl groups excluding tert-OH is 1. The van der Waals surface area contributed by atoms with Crippen LogP contribution in [-0.2, 0) is 19.0 Å². The van der Waals surface area contributed by atoms with Gasteiger partial charge in [0.1, 0.15) is 6.54 Å². The van der Waals surface area contributed by atoms with E-state index in [0.29, 0.717) is 27.8 Å². The van der Waals surface area contributed by atoms with Crippen LogP contribution in [0.15, 0.2) is 53.3 Å². The van der Waals surface area contributed by atoms with Crippen molar-refractivity contribution in [2.75, 3.05) is 0 Å². The van der Waals surface area contributed by atoms with Crippen LogP contribution in [0.5, 0.6) is 0 Å². The molecule has 8 nitrogen and oxygen atoms in total. The van der Waals surface area contributed by atoms with Crippen LogP contribution in [0.3, 0.4) is 0 Å². The summed E-state index contributed by atoms with van der Waals surface area (Å²) < 4.78 is 70.3. The van der Waals surface area contributed by atoms with Gasteiger partial charge in [0, 0.05) is 17.5 Å². The van der Waals surface area contributed by atoms with Crippen molar-refractivity contribution in [1.82, 2.24) is 29.1 Å². The summed E-state index contributed by atoms with van der Waals surface area (Å²) in [5.74, 6) is -4.49. The molecule has 2 aromatic heterocycles. The van der Waals surface area contributed by atoms with E-state index in [9.17, 15) is 31.9 Å². The van der Waals surface area contributed by atoms with Gasteiger partial charge in [-0.05, 0) is 42.8 Å². The normalized spacial score (nSPS) is 13.2. The fraction of sp³-hybridized carbons (Fsp3) is 0.304. The van der Waals surface area contributed by atoms with Crippen LogP contribution in [0.25, 0.3) is 17.1 Å². The van der Waals surface area contributed by atoms with E-state index in [4.69, 9.17) is 11.6 Å². The molecule has 0 radical (unpaired) electrons. The number of para-hydroxylation sites is 1. The largest absolute Gasteiger partial charge is 0.416 e. The summed E-state index contributed by atoms with van der Waals surface area (Å²) in [6, 6.07) is 12.4. The van der Waals surface area contributed by atoms with Crippen LogP contribution in [-0.4, -0.2) is 46.5 Å². The van der Waals surface area contributed by atoms with E-state index in [0.717, 1.165) is 9.36 Å². The zero-order valence-electron chi connectivity index (χ0n) is 19.4. The van der Waals surface area contributed by atoms with Crippen LogP contribution in [0.4, 0.5) is 22.0 Å². The van der Waals surface area contributed by atoms with E-state index >= 15 is 0 Å². The minimum Gasteiger partial charge on any atom is -0.382 e. The van der Waals surface area contributed by atoms with E-state index in [1.807, 2.05) is 0 Å². The number of rotatable bonds is 7. The zero-order valence-corrected chi connectivity index (χ0v) is 20.2. The SMILES string of the molecule is Cc1ccccc1-n1nc(Cn2nc(-c3ccc(Cl)cc3)n(C[C@H](O)C(F)(F)F)c2=O)nc1C(C)(F)F.